The summed E-state index contributed by atoms with van der Waals surface area (Å²) in [5, 5.41) is 2.00. The summed E-state index contributed by atoms with van der Waals surface area (Å²) >= 11 is 1.60. The summed E-state index contributed by atoms with van der Waals surface area (Å²) in [6, 6.07) is 0. The van der Waals surface area contributed by atoms with Gasteiger partial charge in [-0.2, -0.15) is 0 Å². The van der Waals surface area contributed by atoms with Crippen molar-refractivity contribution in [3.8, 4) is 0 Å². The minimum atomic E-state index is -0.218. The molecule has 0 atom stereocenters. The zero-order valence-corrected chi connectivity index (χ0v) is 7.26. The maximum Gasteiger partial charge on any atom is 0.410 e. The first kappa shape index (κ1) is 8.46. The number of hydrogen-bond acceptors (Lipinski definition) is 3. The molecule has 0 aromatic rings. The number of rotatable bonds is 1. The minimum Gasteiger partial charge on any atom is -0.450 e. The van der Waals surface area contributed by atoms with Gasteiger partial charge in [-0.05, 0) is 12.3 Å². The molecule has 4 heteroatoms. The molecular formula is C7H11NO2S. The van der Waals surface area contributed by atoms with Crippen LogP contribution in [-0.4, -0.2) is 30.0 Å². The minimum absolute atomic E-state index is 0.218. The molecule has 1 heterocycles. The van der Waals surface area contributed by atoms with E-state index in [1.807, 2.05) is 18.4 Å². The summed E-state index contributed by atoms with van der Waals surface area (Å²) in [5.74, 6) is 0.704. The average Bonchev–Trinajstić information content (AvgIpc) is 2.07. The van der Waals surface area contributed by atoms with Crippen LogP contribution in [0.2, 0.25) is 0 Å². The van der Waals surface area contributed by atoms with Gasteiger partial charge in [0, 0.05) is 6.54 Å². The highest BCUT2D eigenvalue weighted by atomic mass is 32.2. The highest BCUT2D eigenvalue weighted by Gasteiger charge is 2.13. The van der Waals surface area contributed by atoms with Gasteiger partial charge in [0.1, 0.15) is 0 Å². The Hall–Kier alpha value is -0.640. The van der Waals surface area contributed by atoms with E-state index in [4.69, 9.17) is 4.74 Å². The van der Waals surface area contributed by atoms with E-state index in [-0.39, 0.29) is 6.09 Å². The Morgan fingerprint density at radius 3 is 3.18 bits per heavy atom. The maximum atomic E-state index is 11.1. The lowest BCUT2D eigenvalue weighted by Crippen LogP contribution is -2.32. The van der Waals surface area contributed by atoms with Crippen molar-refractivity contribution < 1.29 is 9.53 Å². The normalized spacial score (nSPS) is 16.6. The molecule has 0 N–H and O–H groups in total. The zero-order chi connectivity index (χ0) is 8.10. The summed E-state index contributed by atoms with van der Waals surface area (Å²) in [4.78, 5) is 12.7. The Labute approximate surface area is 70.4 Å². The van der Waals surface area contributed by atoms with Gasteiger partial charge in [-0.1, -0.05) is 6.08 Å². The predicted molar refractivity (Wildman–Crippen MR) is 45.3 cm³/mol. The van der Waals surface area contributed by atoms with E-state index in [0.717, 1.165) is 0 Å². The van der Waals surface area contributed by atoms with E-state index in [9.17, 15) is 4.79 Å². The molecule has 1 aliphatic rings. The molecule has 0 saturated heterocycles. The summed E-state index contributed by atoms with van der Waals surface area (Å²) in [7, 11) is 0. The van der Waals surface area contributed by atoms with Crippen molar-refractivity contribution in [1.82, 2.24) is 4.90 Å². The van der Waals surface area contributed by atoms with Crippen molar-refractivity contribution in [3.63, 3.8) is 0 Å². The second-order valence-corrected chi connectivity index (χ2v) is 2.95. The monoisotopic (exact) mass is 173 g/mol. The van der Waals surface area contributed by atoms with Gasteiger partial charge >= 0.3 is 6.09 Å². The van der Waals surface area contributed by atoms with Gasteiger partial charge < -0.3 is 4.74 Å². The molecule has 62 valence electrons. The van der Waals surface area contributed by atoms with Crippen molar-refractivity contribution in [2.45, 2.75) is 6.92 Å². The molecule has 1 amide bonds. The number of amides is 1. The third-order valence-corrected chi connectivity index (χ3v) is 2.12. The lowest BCUT2D eigenvalue weighted by molar-refractivity contribution is 0.117. The van der Waals surface area contributed by atoms with E-state index in [1.54, 1.807) is 16.7 Å². The van der Waals surface area contributed by atoms with Gasteiger partial charge in [0.25, 0.3) is 0 Å². The fourth-order valence-corrected chi connectivity index (χ4v) is 1.47. The molecule has 0 aromatic heterocycles. The summed E-state index contributed by atoms with van der Waals surface area (Å²) in [6.07, 6.45) is 1.73. The maximum absolute atomic E-state index is 11.1. The van der Waals surface area contributed by atoms with Gasteiger partial charge in [-0.25, -0.2) is 4.79 Å². The molecule has 0 fully saturated rings. The number of thioether (sulfide) groups is 1. The molecule has 0 bridgehead atoms. The van der Waals surface area contributed by atoms with Crippen LogP contribution in [0.5, 0.6) is 0 Å². The molecule has 3 nitrogen and oxygen atoms in total. The third-order valence-electron chi connectivity index (χ3n) is 1.27. The van der Waals surface area contributed by atoms with E-state index >= 15 is 0 Å². The van der Waals surface area contributed by atoms with E-state index < -0.39 is 0 Å². The first-order chi connectivity index (χ1) is 5.34. The van der Waals surface area contributed by atoms with Crippen LogP contribution in [0.4, 0.5) is 4.79 Å². The summed E-state index contributed by atoms with van der Waals surface area (Å²) in [5.41, 5.74) is 0. The van der Waals surface area contributed by atoms with Crippen LogP contribution < -0.4 is 0 Å². The highest BCUT2D eigenvalue weighted by molar-refractivity contribution is 8.02. The Balaban J connectivity index is 2.34. The van der Waals surface area contributed by atoms with E-state index in [2.05, 4.69) is 0 Å². The lowest BCUT2D eigenvalue weighted by Gasteiger charge is -2.21. The van der Waals surface area contributed by atoms with Gasteiger partial charge in [-0.15, -0.1) is 11.8 Å². The van der Waals surface area contributed by atoms with Crippen LogP contribution in [0, 0.1) is 0 Å². The number of carbonyl (C=O) groups excluding carboxylic acids is 1. The lowest BCUT2D eigenvalue weighted by atomic mass is 10.6. The van der Waals surface area contributed by atoms with Crippen molar-refractivity contribution >= 4 is 17.9 Å². The van der Waals surface area contributed by atoms with E-state index in [0.29, 0.717) is 19.0 Å². The molecule has 0 aromatic carbocycles. The standard InChI is InChI=1S/C7H11NO2S/c1-2-10-7(9)8-4-3-5-11-6-8/h3,5H,2,4,6H2,1H3. The number of carbonyl (C=O) groups is 1. The highest BCUT2D eigenvalue weighted by Crippen LogP contribution is 2.12. The number of ether oxygens (including phenoxy) is 1. The SMILES string of the molecule is CCOC(=O)N1CC=CSC1. The smallest absolute Gasteiger partial charge is 0.410 e. The molecule has 0 spiro atoms. The largest absolute Gasteiger partial charge is 0.450 e. The van der Waals surface area contributed by atoms with Crippen LogP contribution in [0.1, 0.15) is 6.92 Å². The van der Waals surface area contributed by atoms with Crippen molar-refractivity contribution in [2.75, 3.05) is 19.0 Å². The molecule has 1 aliphatic heterocycles. The second kappa shape index (κ2) is 4.28. The van der Waals surface area contributed by atoms with Gasteiger partial charge in [0.05, 0.1) is 12.5 Å². The number of hydrogen-bond donors (Lipinski definition) is 0. The van der Waals surface area contributed by atoms with E-state index in [1.165, 1.54) is 0 Å². The second-order valence-electron chi connectivity index (χ2n) is 2.09. The summed E-state index contributed by atoms with van der Waals surface area (Å²) in [6.45, 7) is 2.93. The Morgan fingerprint density at radius 1 is 1.82 bits per heavy atom. The van der Waals surface area contributed by atoms with Gasteiger partial charge in [0.15, 0.2) is 0 Å². The van der Waals surface area contributed by atoms with Crippen LogP contribution in [0.15, 0.2) is 11.5 Å². The zero-order valence-electron chi connectivity index (χ0n) is 6.45. The molecule has 0 aliphatic carbocycles. The molecule has 1 rings (SSSR count). The first-order valence-corrected chi connectivity index (χ1v) is 4.57. The topological polar surface area (TPSA) is 29.5 Å². The van der Waals surface area contributed by atoms with Crippen LogP contribution >= 0.6 is 11.8 Å². The Kier molecular flexibility index (Phi) is 3.29. The van der Waals surface area contributed by atoms with Gasteiger partial charge in [0.2, 0.25) is 0 Å². The van der Waals surface area contributed by atoms with Crippen molar-refractivity contribution in [3.05, 3.63) is 11.5 Å². The molecule has 0 unspecified atom stereocenters. The van der Waals surface area contributed by atoms with Crippen LogP contribution in [0.3, 0.4) is 0 Å². The molecular weight excluding hydrogens is 162 g/mol. The molecule has 0 radical (unpaired) electrons. The molecule has 0 saturated carbocycles. The van der Waals surface area contributed by atoms with Crippen LogP contribution in [-0.2, 0) is 4.74 Å². The Morgan fingerprint density at radius 2 is 2.64 bits per heavy atom. The summed E-state index contributed by atoms with van der Waals surface area (Å²) < 4.78 is 4.82. The van der Waals surface area contributed by atoms with Crippen molar-refractivity contribution in [2.24, 2.45) is 0 Å². The quantitative estimate of drug-likeness (QED) is 0.604. The number of nitrogens with zero attached hydrogens (tertiary/aromatic N) is 1. The van der Waals surface area contributed by atoms with Crippen LogP contribution in [0.25, 0.3) is 0 Å². The third kappa shape index (κ3) is 2.46. The van der Waals surface area contributed by atoms with Gasteiger partial charge in [-0.3, -0.25) is 4.90 Å². The average molecular weight is 173 g/mol. The Bertz CT molecular complexity index is 170. The predicted octanol–water partition coefficient (Wildman–Crippen LogP) is 1.66. The molecule has 11 heavy (non-hydrogen) atoms. The fraction of sp³-hybridized carbons (Fsp3) is 0.571. The first-order valence-electron chi connectivity index (χ1n) is 3.53. The fourth-order valence-electron chi connectivity index (χ4n) is 0.766. The van der Waals surface area contributed by atoms with Crippen molar-refractivity contribution in [1.29, 1.82) is 0 Å².